The van der Waals surface area contributed by atoms with Gasteiger partial charge < -0.3 is 9.80 Å². The third-order valence-electron chi connectivity index (χ3n) is 3.70. The average Bonchev–Trinajstić information content (AvgIpc) is 2.38. The van der Waals surface area contributed by atoms with E-state index in [0.717, 1.165) is 36.8 Å². The number of alkyl halides is 1. The van der Waals surface area contributed by atoms with Gasteiger partial charge in [-0.1, -0.05) is 0 Å². The van der Waals surface area contributed by atoms with Crippen LogP contribution in [-0.4, -0.2) is 38.6 Å². The van der Waals surface area contributed by atoms with Gasteiger partial charge in [0, 0.05) is 31.2 Å². The first-order valence-electron chi connectivity index (χ1n) is 6.83. The predicted octanol–water partition coefficient (Wildman–Crippen LogP) is 3.34. The Balaban J connectivity index is 1.99. The number of hydrogen-bond acceptors (Lipinski definition) is 2. The van der Waals surface area contributed by atoms with Gasteiger partial charge in [-0.2, -0.15) is 0 Å². The molecular weight excluding hydrogens is 263 g/mol. The van der Waals surface area contributed by atoms with Crippen LogP contribution in [0, 0.1) is 11.7 Å². The number of benzene rings is 1. The van der Waals surface area contributed by atoms with Gasteiger partial charge in [-0.3, -0.25) is 0 Å². The van der Waals surface area contributed by atoms with Crippen molar-refractivity contribution in [1.29, 1.82) is 0 Å². The van der Waals surface area contributed by atoms with Crippen molar-refractivity contribution in [3.63, 3.8) is 0 Å². The summed E-state index contributed by atoms with van der Waals surface area (Å²) >= 11 is 5.80. The number of anilines is 1. The maximum absolute atomic E-state index is 13.5. The lowest BCUT2D eigenvalue weighted by Crippen LogP contribution is -2.37. The molecule has 1 saturated heterocycles. The molecule has 0 bridgehead atoms. The van der Waals surface area contributed by atoms with E-state index in [1.54, 1.807) is 6.07 Å². The molecule has 0 aliphatic carbocycles. The third kappa shape index (κ3) is 4.08. The van der Waals surface area contributed by atoms with Crippen LogP contribution in [-0.2, 0) is 5.88 Å². The minimum atomic E-state index is -0.191. The lowest BCUT2D eigenvalue weighted by atomic mass is 9.96. The van der Waals surface area contributed by atoms with Crippen molar-refractivity contribution >= 4 is 17.3 Å². The van der Waals surface area contributed by atoms with Crippen LogP contribution in [0.15, 0.2) is 18.2 Å². The normalized spacial score (nSPS) is 17.2. The molecule has 0 N–H and O–H groups in total. The number of hydrogen-bond donors (Lipinski definition) is 0. The van der Waals surface area contributed by atoms with E-state index in [-0.39, 0.29) is 5.82 Å². The van der Waals surface area contributed by atoms with Crippen molar-refractivity contribution < 1.29 is 4.39 Å². The van der Waals surface area contributed by atoms with Gasteiger partial charge in [-0.15, -0.1) is 11.6 Å². The molecule has 0 aromatic heterocycles. The molecule has 2 nitrogen and oxygen atoms in total. The van der Waals surface area contributed by atoms with Crippen LogP contribution < -0.4 is 4.90 Å². The van der Waals surface area contributed by atoms with Gasteiger partial charge >= 0.3 is 0 Å². The predicted molar refractivity (Wildman–Crippen MR) is 79.4 cm³/mol. The summed E-state index contributed by atoms with van der Waals surface area (Å²) in [6.07, 6.45) is 2.34. The van der Waals surface area contributed by atoms with Gasteiger partial charge in [-0.05, 0) is 56.6 Å². The van der Waals surface area contributed by atoms with Gasteiger partial charge in [0.15, 0.2) is 0 Å². The molecule has 0 atom stereocenters. The molecule has 1 aromatic carbocycles. The van der Waals surface area contributed by atoms with Crippen LogP contribution in [0.25, 0.3) is 0 Å². The molecule has 0 amide bonds. The van der Waals surface area contributed by atoms with E-state index < -0.39 is 0 Å². The monoisotopic (exact) mass is 284 g/mol. The standard InChI is InChI=1S/C15H22ClFN2/c1-18(2)11-12-3-5-19(6-4-12)15-8-13(10-16)7-14(17)9-15/h7-9,12H,3-6,10-11H2,1-2H3. The minimum Gasteiger partial charge on any atom is -0.371 e. The molecule has 2 rings (SSSR count). The number of halogens is 2. The molecule has 0 radical (unpaired) electrons. The van der Waals surface area contributed by atoms with E-state index >= 15 is 0 Å². The molecule has 1 heterocycles. The molecule has 106 valence electrons. The lowest BCUT2D eigenvalue weighted by molar-refractivity contribution is 0.285. The second-order valence-electron chi connectivity index (χ2n) is 5.64. The Morgan fingerprint density at radius 2 is 1.95 bits per heavy atom. The van der Waals surface area contributed by atoms with Crippen LogP contribution >= 0.6 is 11.6 Å². The molecule has 4 heteroatoms. The summed E-state index contributed by atoms with van der Waals surface area (Å²) in [6, 6.07) is 5.12. The molecule has 1 aliphatic rings. The summed E-state index contributed by atoms with van der Waals surface area (Å²) in [5, 5.41) is 0. The van der Waals surface area contributed by atoms with E-state index in [9.17, 15) is 4.39 Å². The highest BCUT2D eigenvalue weighted by atomic mass is 35.5. The van der Waals surface area contributed by atoms with Gasteiger partial charge in [0.1, 0.15) is 5.82 Å². The van der Waals surface area contributed by atoms with Gasteiger partial charge in [0.2, 0.25) is 0 Å². The van der Waals surface area contributed by atoms with Crippen molar-refractivity contribution in [3.05, 3.63) is 29.6 Å². The maximum atomic E-state index is 13.5. The number of rotatable bonds is 4. The fourth-order valence-electron chi connectivity index (χ4n) is 2.78. The third-order valence-corrected chi connectivity index (χ3v) is 4.01. The highest BCUT2D eigenvalue weighted by Crippen LogP contribution is 2.25. The summed E-state index contributed by atoms with van der Waals surface area (Å²) in [7, 11) is 4.23. The molecule has 1 fully saturated rings. The minimum absolute atomic E-state index is 0.191. The molecule has 0 spiro atoms. The van der Waals surface area contributed by atoms with E-state index in [0.29, 0.717) is 5.88 Å². The van der Waals surface area contributed by atoms with Gasteiger partial charge in [0.25, 0.3) is 0 Å². The molecule has 1 aromatic rings. The zero-order valence-electron chi connectivity index (χ0n) is 11.7. The zero-order chi connectivity index (χ0) is 13.8. The molecule has 1 aliphatic heterocycles. The Kier molecular flexibility index (Phi) is 5.06. The summed E-state index contributed by atoms with van der Waals surface area (Å²) in [5.74, 6) is 0.929. The topological polar surface area (TPSA) is 6.48 Å². The number of piperidine rings is 1. The summed E-state index contributed by atoms with van der Waals surface area (Å²) in [5.41, 5.74) is 1.83. The Morgan fingerprint density at radius 3 is 2.53 bits per heavy atom. The van der Waals surface area contributed by atoms with Crippen LogP contribution in [0.3, 0.4) is 0 Å². The highest BCUT2D eigenvalue weighted by Gasteiger charge is 2.20. The molecule has 19 heavy (non-hydrogen) atoms. The smallest absolute Gasteiger partial charge is 0.125 e. The van der Waals surface area contributed by atoms with Crippen LogP contribution in [0.1, 0.15) is 18.4 Å². The van der Waals surface area contributed by atoms with Crippen molar-refractivity contribution in [2.24, 2.45) is 5.92 Å². The quantitative estimate of drug-likeness (QED) is 0.783. The van der Waals surface area contributed by atoms with Crippen LogP contribution in [0.4, 0.5) is 10.1 Å². The summed E-state index contributed by atoms with van der Waals surface area (Å²) < 4.78 is 13.5. The maximum Gasteiger partial charge on any atom is 0.125 e. The second-order valence-corrected chi connectivity index (χ2v) is 5.91. The average molecular weight is 285 g/mol. The van der Waals surface area contributed by atoms with Crippen molar-refractivity contribution in [2.75, 3.05) is 38.6 Å². The second kappa shape index (κ2) is 6.58. The molecule has 0 saturated carbocycles. The van der Waals surface area contributed by atoms with Crippen molar-refractivity contribution in [2.45, 2.75) is 18.7 Å². The Hall–Kier alpha value is -0.800. The van der Waals surface area contributed by atoms with E-state index in [1.807, 2.05) is 6.07 Å². The zero-order valence-corrected chi connectivity index (χ0v) is 12.5. The summed E-state index contributed by atoms with van der Waals surface area (Å²) in [4.78, 5) is 4.51. The SMILES string of the molecule is CN(C)CC1CCN(c2cc(F)cc(CCl)c2)CC1. The van der Waals surface area contributed by atoms with Crippen molar-refractivity contribution in [1.82, 2.24) is 4.90 Å². The lowest BCUT2D eigenvalue weighted by Gasteiger charge is -2.34. The van der Waals surface area contributed by atoms with E-state index in [4.69, 9.17) is 11.6 Å². The Morgan fingerprint density at radius 1 is 1.26 bits per heavy atom. The first kappa shape index (κ1) is 14.6. The largest absolute Gasteiger partial charge is 0.371 e. The Bertz CT molecular complexity index is 415. The first-order valence-corrected chi connectivity index (χ1v) is 7.37. The van der Waals surface area contributed by atoms with Crippen LogP contribution in [0.5, 0.6) is 0 Å². The summed E-state index contributed by atoms with van der Waals surface area (Å²) in [6.45, 7) is 3.15. The van der Waals surface area contributed by atoms with Crippen LogP contribution in [0.2, 0.25) is 0 Å². The number of nitrogens with zero attached hydrogens (tertiary/aromatic N) is 2. The highest BCUT2D eigenvalue weighted by molar-refractivity contribution is 6.17. The fraction of sp³-hybridized carbons (Fsp3) is 0.600. The van der Waals surface area contributed by atoms with Gasteiger partial charge in [-0.25, -0.2) is 4.39 Å². The van der Waals surface area contributed by atoms with Gasteiger partial charge in [0.05, 0.1) is 0 Å². The molecule has 0 unspecified atom stereocenters. The Labute approximate surface area is 120 Å². The first-order chi connectivity index (χ1) is 9.08. The van der Waals surface area contributed by atoms with Crippen molar-refractivity contribution in [3.8, 4) is 0 Å². The molecular formula is C15H22ClFN2. The fourth-order valence-corrected chi connectivity index (χ4v) is 2.94. The van der Waals surface area contributed by atoms with E-state index in [2.05, 4.69) is 23.9 Å². The van der Waals surface area contributed by atoms with E-state index in [1.165, 1.54) is 18.9 Å².